The lowest BCUT2D eigenvalue weighted by Gasteiger charge is -2.39. The third-order valence-electron chi connectivity index (χ3n) is 3.81. The van der Waals surface area contributed by atoms with E-state index >= 15 is 0 Å². The van der Waals surface area contributed by atoms with E-state index in [0.29, 0.717) is 5.92 Å². The van der Waals surface area contributed by atoms with Crippen molar-refractivity contribution in [2.45, 2.75) is 45.1 Å². The fraction of sp³-hybridized carbons (Fsp3) is 0.615. The first-order valence-electron chi connectivity index (χ1n) is 5.85. The van der Waals surface area contributed by atoms with Gasteiger partial charge >= 0.3 is 0 Å². The highest BCUT2D eigenvalue weighted by atomic mass is 14.8. The van der Waals surface area contributed by atoms with Crippen molar-refractivity contribution in [2.24, 2.45) is 11.7 Å². The molecule has 0 spiro atoms. The van der Waals surface area contributed by atoms with Gasteiger partial charge in [-0.3, -0.25) is 4.98 Å². The predicted molar refractivity (Wildman–Crippen MR) is 62.5 cm³/mol. The quantitative estimate of drug-likeness (QED) is 0.764. The molecule has 0 aromatic carbocycles. The molecule has 1 heterocycles. The molecule has 0 aliphatic heterocycles. The first-order chi connectivity index (χ1) is 7.13. The summed E-state index contributed by atoms with van der Waals surface area (Å²) in [6, 6.07) is 4.20. The Bertz CT molecular complexity index is 331. The normalized spacial score (nSPS) is 31.5. The summed E-state index contributed by atoms with van der Waals surface area (Å²) in [5.74, 6) is 0.566. The molecule has 2 heteroatoms. The molecule has 1 fully saturated rings. The summed E-state index contributed by atoms with van der Waals surface area (Å²) in [6.45, 7) is 4.27. The molecule has 0 saturated heterocycles. The van der Waals surface area contributed by atoms with Crippen molar-refractivity contribution in [3.63, 3.8) is 0 Å². The van der Waals surface area contributed by atoms with Crippen LogP contribution in [0.25, 0.3) is 0 Å². The molecule has 2 nitrogen and oxygen atoms in total. The average molecular weight is 204 g/mol. The Morgan fingerprint density at radius 2 is 2.20 bits per heavy atom. The molecule has 2 atom stereocenters. The maximum absolute atomic E-state index is 6.53. The Balaban J connectivity index is 2.30. The van der Waals surface area contributed by atoms with Crippen LogP contribution in [0, 0.1) is 12.8 Å². The SMILES string of the molecule is Cc1ccc(C2(N)CCCCC2C)cn1. The van der Waals surface area contributed by atoms with Crippen LogP contribution in [0.3, 0.4) is 0 Å². The fourth-order valence-corrected chi connectivity index (χ4v) is 2.54. The van der Waals surface area contributed by atoms with E-state index in [0.717, 1.165) is 12.1 Å². The van der Waals surface area contributed by atoms with Gasteiger partial charge in [-0.15, -0.1) is 0 Å². The summed E-state index contributed by atoms with van der Waals surface area (Å²) in [5, 5.41) is 0. The van der Waals surface area contributed by atoms with Gasteiger partial charge in [-0.2, -0.15) is 0 Å². The van der Waals surface area contributed by atoms with E-state index in [2.05, 4.69) is 24.0 Å². The van der Waals surface area contributed by atoms with E-state index in [4.69, 9.17) is 5.73 Å². The van der Waals surface area contributed by atoms with E-state index in [1.807, 2.05) is 13.1 Å². The summed E-state index contributed by atoms with van der Waals surface area (Å²) < 4.78 is 0. The Hall–Kier alpha value is -0.890. The van der Waals surface area contributed by atoms with Crippen LogP contribution >= 0.6 is 0 Å². The van der Waals surface area contributed by atoms with Crippen LogP contribution in [0.1, 0.15) is 43.9 Å². The molecular formula is C13H20N2. The van der Waals surface area contributed by atoms with Crippen LogP contribution in [0.4, 0.5) is 0 Å². The summed E-state index contributed by atoms with van der Waals surface area (Å²) in [6.07, 6.45) is 6.86. The Morgan fingerprint density at radius 1 is 1.40 bits per heavy atom. The number of aryl methyl sites for hydroxylation is 1. The van der Waals surface area contributed by atoms with Crippen LogP contribution in [0.2, 0.25) is 0 Å². The van der Waals surface area contributed by atoms with Gasteiger partial charge in [0.05, 0.1) is 0 Å². The zero-order chi connectivity index (χ0) is 10.9. The summed E-state index contributed by atoms with van der Waals surface area (Å²) >= 11 is 0. The Morgan fingerprint density at radius 3 is 2.80 bits per heavy atom. The van der Waals surface area contributed by atoms with Crippen molar-refractivity contribution in [1.29, 1.82) is 0 Å². The molecule has 0 radical (unpaired) electrons. The minimum Gasteiger partial charge on any atom is -0.321 e. The lowest BCUT2D eigenvalue weighted by Crippen LogP contribution is -2.45. The maximum Gasteiger partial charge on any atom is 0.0450 e. The van der Waals surface area contributed by atoms with Gasteiger partial charge in [0, 0.05) is 17.4 Å². The second kappa shape index (κ2) is 3.93. The minimum atomic E-state index is -0.140. The van der Waals surface area contributed by atoms with Crippen molar-refractivity contribution in [3.8, 4) is 0 Å². The van der Waals surface area contributed by atoms with E-state index in [1.54, 1.807) is 0 Å². The molecule has 1 aromatic rings. The van der Waals surface area contributed by atoms with E-state index in [9.17, 15) is 0 Å². The first-order valence-corrected chi connectivity index (χ1v) is 5.85. The highest BCUT2D eigenvalue weighted by molar-refractivity contribution is 5.23. The highest BCUT2D eigenvalue weighted by Crippen LogP contribution is 2.38. The second-order valence-corrected chi connectivity index (χ2v) is 4.88. The molecule has 0 amide bonds. The number of hydrogen-bond donors (Lipinski definition) is 1. The van der Waals surface area contributed by atoms with Gasteiger partial charge in [0.1, 0.15) is 0 Å². The number of hydrogen-bond acceptors (Lipinski definition) is 2. The lowest BCUT2D eigenvalue weighted by atomic mass is 9.71. The predicted octanol–water partition coefficient (Wildman–Crippen LogP) is 2.75. The van der Waals surface area contributed by atoms with E-state index in [1.165, 1.54) is 24.8 Å². The lowest BCUT2D eigenvalue weighted by molar-refractivity contribution is 0.206. The van der Waals surface area contributed by atoms with Crippen LogP contribution in [-0.4, -0.2) is 4.98 Å². The van der Waals surface area contributed by atoms with Crippen LogP contribution in [0.15, 0.2) is 18.3 Å². The van der Waals surface area contributed by atoms with Gasteiger partial charge in [0.25, 0.3) is 0 Å². The Kier molecular flexibility index (Phi) is 2.79. The third kappa shape index (κ3) is 1.91. The van der Waals surface area contributed by atoms with Crippen molar-refractivity contribution in [2.75, 3.05) is 0 Å². The summed E-state index contributed by atoms with van der Waals surface area (Å²) in [5.41, 5.74) is 8.66. The van der Waals surface area contributed by atoms with Gasteiger partial charge in [0.2, 0.25) is 0 Å². The third-order valence-corrected chi connectivity index (χ3v) is 3.81. The molecule has 2 N–H and O–H groups in total. The zero-order valence-corrected chi connectivity index (χ0v) is 9.66. The molecule has 82 valence electrons. The number of nitrogens with zero attached hydrogens (tertiary/aromatic N) is 1. The van der Waals surface area contributed by atoms with Gasteiger partial charge in [0.15, 0.2) is 0 Å². The standard InChI is InChI=1S/C13H20N2/c1-10-5-3-4-8-13(10,14)12-7-6-11(2)15-9-12/h6-7,9-10H,3-5,8,14H2,1-2H3. The smallest absolute Gasteiger partial charge is 0.0450 e. The van der Waals surface area contributed by atoms with Crippen molar-refractivity contribution in [3.05, 3.63) is 29.6 Å². The maximum atomic E-state index is 6.53. The van der Waals surface area contributed by atoms with Crippen LogP contribution < -0.4 is 5.73 Å². The second-order valence-electron chi connectivity index (χ2n) is 4.88. The largest absolute Gasteiger partial charge is 0.321 e. The monoisotopic (exact) mass is 204 g/mol. The molecular weight excluding hydrogens is 184 g/mol. The zero-order valence-electron chi connectivity index (χ0n) is 9.66. The summed E-state index contributed by atoms with van der Waals surface area (Å²) in [7, 11) is 0. The van der Waals surface area contributed by atoms with Gasteiger partial charge in [-0.05, 0) is 37.3 Å². The topological polar surface area (TPSA) is 38.9 Å². The molecule has 1 saturated carbocycles. The van der Waals surface area contributed by atoms with Gasteiger partial charge in [-0.1, -0.05) is 25.8 Å². The molecule has 15 heavy (non-hydrogen) atoms. The van der Waals surface area contributed by atoms with Crippen molar-refractivity contribution >= 4 is 0 Å². The number of nitrogens with two attached hydrogens (primary N) is 1. The molecule has 0 bridgehead atoms. The van der Waals surface area contributed by atoms with E-state index in [-0.39, 0.29) is 5.54 Å². The first kappa shape index (κ1) is 10.6. The number of pyridine rings is 1. The van der Waals surface area contributed by atoms with Crippen LogP contribution in [0.5, 0.6) is 0 Å². The molecule has 2 rings (SSSR count). The van der Waals surface area contributed by atoms with Crippen molar-refractivity contribution in [1.82, 2.24) is 4.98 Å². The summed E-state index contributed by atoms with van der Waals surface area (Å²) in [4.78, 5) is 4.35. The molecule has 1 aliphatic rings. The minimum absolute atomic E-state index is 0.140. The molecule has 1 aliphatic carbocycles. The van der Waals surface area contributed by atoms with Crippen LogP contribution in [-0.2, 0) is 5.54 Å². The van der Waals surface area contributed by atoms with Gasteiger partial charge < -0.3 is 5.73 Å². The number of rotatable bonds is 1. The van der Waals surface area contributed by atoms with Crippen molar-refractivity contribution < 1.29 is 0 Å². The average Bonchev–Trinajstić information content (AvgIpc) is 2.23. The van der Waals surface area contributed by atoms with Gasteiger partial charge in [-0.25, -0.2) is 0 Å². The Labute approximate surface area is 91.9 Å². The highest BCUT2D eigenvalue weighted by Gasteiger charge is 2.35. The fourth-order valence-electron chi connectivity index (χ4n) is 2.54. The number of aromatic nitrogens is 1. The molecule has 1 aromatic heterocycles. The molecule has 2 unspecified atom stereocenters. The van der Waals surface area contributed by atoms with E-state index < -0.39 is 0 Å².